The summed E-state index contributed by atoms with van der Waals surface area (Å²) in [6.45, 7) is 0. The fraction of sp³-hybridized carbons (Fsp3) is 0.0909. The molecule has 0 fully saturated rings. The molecule has 0 aliphatic rings. The van der Waals surface area contributed by atoms with Crippen molar-refractivity contribution < 1.29 is 10.2 Å². The van der Waals surface area contributed by atoms with Gasteiger partial charge in [0.1, 0.15) is 0 Å². The summed E-state index contributed by atoms with van der Waals surface area (Å²) in [6, 6.07) is 9.31. The Balaban J connectivity index is 2.40. The number of nitrogens with two attached hydrogens (primary N) is 2. The van der Waals surface area contributed by atoms with Crippen LogP contribution < -0.4 is 21.3 Å². The predicted molar refractivity (Wildman–Crippen MR) is 67.7 cm³/mol. The minimum atomic E-state index is 0.0379. The molecule has 2 rings (SSSR count). The third-order valence-electron chi connectivity index (χ3n) is 2.28. The SMILES string of the molecule is COc1nc(N)nc(Nc2ccccc2)c1[NH2+][O-]. The van der Waals surface area contributed by atoms with Gasteiger partial charge in [0.2, 0.25) is 17.5 Å². The zero-order valence-corrected chi connectivity index (χ0v) is 9.75. The van der Waals surface area contributed by atoms with Crippen LogP contribution in [0.1, 0.15) is 0 Å². The van der Waals surface area contributed by atoms with Crippen molar-refractivity contribution in [2.24, 2.45) is 0 Å². The number of nitrogen functional groups attached to an aromatic ring is 1. The number of anilines is 3. The molecule has 94 valence electrons. The number of hydrogen-bond acceptors (Lipinski definition) is 6. The summed E-state index contributed by atoms with van der Waals surface area (Å²) in [5, 5.41) is 14.1. The van der Waals surface area contributed by atoms with Crippen LogP contribution >= 0.6 is 0 Å². The Bertz CT molecular complexity index is 532. The van der Waals surface area contributed by atoms with Gasteiger partial charge in [0, 0.05) is 5.69 Å². The molecule has 0 aliphatic carbocycles. The lowest BCUT2D eigenvalue weighted by molar-refractivity contribution is -0.497. The van der Waals surface area contributed by atoms with Crippen LogP contribution in [0, 0.1) is 5.21 Å². The van der Waals surface area contributed by atoms with E-state index in [-0.39, 0.29) is 17.5 Å². The summed E-state index contributed by atoms with van der Waals surface area (Å²) < 4.78 is 4.99. The number of nitrogens with one attached hydrogen (secondary N) is 1. The van der Waals surface area contributed by atoms with E-state index in [0.717, 1.165) is 5.69 Å². The number of para-hydroxylation sites is 1. The number of ether oxygens (including phenoxy) is 1. The molecule has 18 heavy (non-hydrogen) atoms. The minimum absolute atomic E-state index is 0.0379. The van der Waals surface area contributed by atoms with Gasteiger partial charge in [-0.3, -0.25) is 0 Å². The highest BCUT2D eigenvalue weighted by molar-refractivity contribution is 5.69. The molecule has 7 heteroatoms. The Labute approximate surface area is 104 Å². The fourth-order valence-corrected chi connectivity index (χ4v) is 1.48. The van der Waals surface area contributed by atoms with Gasteiger partial charge in [-0.15, -0.1) is 0 Å². The molecule has 0 atom stereocenters. The van der Waals surface area contributed by atoms with E-state index in [1.165, 1.54) is 7.11 Å². The van der Waals surface area contributed by atoms with Gasteiger partial charge in [-0.05, 0) is 12.1 Å². The summed E-state index contributed by atoms with van der Waals surface area (Å²) in [5.74, 6) is 0.507. The van der Waals surface area contributed by atoms with Crippen molar-refractivity contribution in [2.45, 2.75) is 0 Å². The number of quaternary nitrogens is 1. The molecule has 0 aliphatic heterocycles. The van der Waals surface area contributed by atoms with Gasteiger partial charge in [-0.2, -0.15) is 9.97 Å². The van der Waals surface area contributed by atoms with Crippen molar-refractivity contribution in [3.8, 4) is 5.88 Å². The third kappa shape index (κ3) is 2.47. The van der Waals surface area contributed by atoms with Crippen molar-refractivity contribution in [3.05, 3.63) is 35.5 Å². The molecule has 7 nitrogen and oxygen atoms in total. The number of nitrogens with zero attached hydrogens (tertiary/aromatic N) is 2. The molecule has 0 bridgehead atoms. The van der Waals surface area contributed by atoms with Gasteiger partial charge < -0.3 is 26.5 Å². The van der Waals surface area contributed by atoms with Gasteiger partial charge in [-0.25, -0.2) is 0 Å². The number of benzene rings is 1. The van der Waals surface area contributed by atoms with Crippen molar-refractivity contribution in [1.29, 1.82) is 0 Å². The summed E-state index contributed by atoms with van der Waals surface area (Å²) in [5.41, 5.74) is 7.21. The van der Waals surface area contributed by atoms with Crippen molar-refractivity contribution in [2.75, 3.05) is 18.2 Å². The summed E-state index contributed by atoms with van der Waals surface area (Å²) in [7, 11) is 1.42. The maximum Gasteiger partial charge on any atom is 0.284 e. The second-order valence-corrected chi connectivity index (χ2v) is 3.46. The molecule has 5 N–H and O–H groups in total. The maximum absolute atomic E-state index is 11.1. The highest BCUT2D eigenvalue weighted by Crippen LogP contribution is 2.27. The van der Waals surface area contributed by atoms with E-state index < -0.39 is 0 Å². The smallest absolute Gasteiger partial charge is 0.284 e. The quantitative estimate of drug-likeness (QED) is 0.678. The second-order valence-electron chi connectivity index (χ2n) is 3.46. The van der Waals surface area contributed by atoms with Gasteiger partial charge in [-0.1, -0.05) is 18.2 Å². The number of methoxy groups -OCH3 is 1. The van der Waals surface area contributed by atoms with Crippen LogP contribution in [0.4, 0.5) is 23.1 Å². The lowest BCUT2D eigenvalue weighted by Gasteiger charge is -2.13. The number of hydrogen-bond donors (Lipinski definition) is 3. The third-order valence-corrected chi connectivity index (χ3v) is 2.28. The van der Waals surface area contributed by atoms with Crippen molar-refractivity contribution in [3.63, 3.8) is 0 Å². The highest BCUT2D eigenvalue weighted by Gasteiger charge is 2.16. The van der Waals surface area contributed by atoms with Crippen LogP contribution in [0.2, 0.25) is 0 Å². The maximum atomic E-state index is 11.1. The monoisotopic (exact) mass is 247 g/mol. The molecule has 0 saturated heterocycles. The molecular formula is C11H13N5O2. The molecule has 1 aromatic heterocycles. The number of rotatable bonds is 4. The first-order valence-corrected chi connectivity index (χ1v) is 5.23. The first-order chi connectivity index (χ1) is 8.74. The summed E-state index contributed by atoms with van der Waals surface area (Å²) in [6.07, 6.45) is 0. The molecule has 0 unspecified atom stereocenters. The molecule has 0 amide bonds. The Kier molecular flexibility index (Phi) is 3.56. The van der Waals surface area contributed by atoms with Crippen LogP contribution in [0.5, 0.6) is 5.88 Å². The zero-order valence-electron chi connectivity index (χ0n) is 9.75. The molecule has 0 radical (unpaired) electrons. The zero-order chi connectivity index (χ0) is 13.0. The predicted octanol–water partition coefficient (Wildman–Crippen LogP) is 0.504. The lowest BCUT2D eigenvalue weighted by atomic mass is 10.3. The minimum Gasteiger partial charge on any atom is -0.630 e. The first-order valence-electron chi connectivity index (χ1n) is 5.23. The average molecular weight is 247 g/mol. The Hall–Kier alpha value is -2.38. The van der Waals surface area contributed by atoms with Crippen molar-refractivity contribution >= 4 is 23.1 Å². The van der Waals surface area contributed by atoms with Gasteiger partial charge >= 0.3 is 0 Å². The Morgan fingerprint density at radius 1 is 1.28 bits per heavy atom. The number of aromatic nitrogens is 2. The van der Waals surface area contributed by atoms with Crippen LogP contribution in [0.25, 0.3) is 0 Å². The van der Waals surface area contributed by atoms with Crippen LogP contribution in [0.15, 0.2) is 30.3 Å². The van der Waals surface area contributed by atoms with E-state index in [1.807, 2.05) is 30.3 Å². The van der Waals surface area contributed by atoms with Crippen molar-refractivity contribution in [1.82, 2.24) is 9.97 Å². The molecular weight excluding hydrogens is 234 g/mol. The largest absolute Gasteiger partial charge is 0.630 e. The van der Waals surface area contributed by atoms with Gasteiger partial charge in [0.15, 0.2) is 0 Å². The average Bonchev–Trinajstić information content (AvgIpc) is 2.39. The molecule has 2 aromatic rings. The molecule has 0 spiro atoms. The lowest BCUT2D eigenvalue weighted by Crippen LogP contribution is -2.70. The Morgan fingerprint density at radius 2 is 2.00 bits per heavy atom. The van der Waals surface area contributed by atoms with E-state index in [0.29, 0.717) is 11.3 Å². The molecule has 0 saturated carbocycles. The van der Waals surface area contributed by atoms with E-state index in [2.05, 4.69) is 15.3 Å². The topological polar surface area (TPSA) is 113 Å². The Morgan fingerprint density at radius 3 is 2.61 bits per heavy atom. The fourth-order valence-electron chi connectivity index (χ4n) is 1.48. The second kappa shape index (κ2) is 5.30. The molecule has 1 heterocycles. The first kappa shape index (κ1) is 12.1. The van der Waals surface area contributed by atoms with E-state index in [4.69, 9.17) is 10.5 Å². The van der Waals surface area contributed by atoms with Gasteiger partial charge in [0.25, 0.3) is 5.88 Å². The summed E-state index contributed by atoms with van der Waals surface area (Å²) >= 11 is 0. The highest BCUT2D eigenvalue weighted by atomic mass is 16.5. The van der Waals surface area contributed by atoms with Crippen LogP contribution in [-0.4, -0.2) is 17.1 Å². The van der Waals surface area contributed by atoms with E-state index >= 15 is 0 Å². The van der Waals surface area contributed by atoms with E-state index in [9.17, 15) is 5.21 Å². The van der Waals surface area contributed by atoms with Crippen LogP contribution in [0.3, 0.4) is 0 Å². The molecule has 1 aromatic carbocycles. The van der Waals surface area contributed by atoms with Crippen LogP contribution in [-0.2, 0) is 0 Å². The summed E-state index contributed by atoms with van der Waals surface area (Å²) in [4.78, 5) is 7.83. The normalized spacial score (nSPS) is 10.1. The standard InChI is InChI=1S/C11H13N5O2/c1-18-10-8(16-17)9(14-11(12)15-10)13-7-5-3-2-4-6-7/h2-6H,16H2,1H3,(H3,12,13,14,15). The van der Waals surface area contributed by atoms with E-state index in [1.54, 1.807) is 0 Å². The van der Waals surface area contributed by atoms with Gasteiger partial charge in [0.05, 0.1) is 7.11 Å².